The van der Waals surface area contributed by atoms with Crippen molar-refractivity contribution >= 4 is 29.1 Å². The van der Waals surface area contributed by atoms with Crippen LogP contribution in [0.1, 0.15) is 36.8 Å². The van der Waals surface area contributed by atoms with Gasteiger partial charge in [0.25, 0.3) is 0 Å². The summed E-state index contributed by atoms with van der Waals surface area (Å²) < 4.78 is 0. The molecule has 4 rings (SSSR count). The third-order valence-corrected chi connectivity index (χ3v) is 5.63. The largest absolute Gasteiger partial charge is 0.348 e. The quantitative estimate of drug-likeness (QED) is 0.573. The average molecular weight is 405 g/mol. The number of rotatable bonds is 6. The number of anilines is 2. The second kappa shape index (κ2) is 9.11. The topological polar surface area (TPSA) is 78.5 Å². The van der Waals surface area contributed by atoms with Crippen LogP contribution < -0.4 is 15.5 Å². The van der Waals surface area contributed by atoms with E-state index < -0.39 is 11.8 Å². The van der Waals surface area contributed by atoms with Crippen molar-refractivity contribution in [2.45, 2.75) is 38.5 Å². The van der Waals surface area contributed by atoms with Gasteiger partial charge >= 0.3 is 11.8 Å². The van der Waals surface area contributed by atoms with Gasteiger partial charge < -0.3 is 15.5 Å². The summed E-state index contributed by atoms with van der Waals surface area (Å²) in [6.45, 7) is 1.20. The summed E-state index contributed by atoms with van der Waals surface area (Å²) in [5.74, 6) is -0.911. The minimum absolute atomic E-state index is 0.181. The van der Waals surface area contributed by atoms with Gasteiger partial charge in [-0.15, -0.1) is 0 Å². The molecule has 0 radical (unpaired) electrons. The second-order valence-corrected chi connectivity index (χ2v) is 8.01. The second-order valence-electron chi connectivity index (χ2n) is 8.01. The first-order chi connectivity index (χ1) is 14.6. The predicted molar refractivity (Wildman–Crippen MR) is 116 cm³/mol. The molecule has 1 saturated carbocycles. The molecule has 0 saturated heterocycles. The van der Waals surface area contributed by atoms with Gasteiger partial charge in [-0.3, -0.25) is 14.4 Å². The smallest absolute Gasteiger partial charge is 0.313 e. The molecule has 1 aliphatic carbocycles. The molecule has 2 N–H and O–H groups in total. The molecule has 2 aliphatic rings. The fraction of sp³-hybridized carbons (Fsp3) is 0.375. The Bertz CT molecular complexity index is 938. The van der Waals surface area contributed by atoms with E-state index >= 15 is 0 Å². The van der Waals surface area contributed by atoms with Crippen molar-refractivity contribution in [3.8, 4) is 0 Å². The summed E-state index contributed by atoms with van der Waals surface area (Å²) in [6.07, 6.45) is 5.36. The lowest BCUT2D eigenvalue weighted by atomic mass is 10.0. The molecule has 6 heteroatoms. The first-order valence-corrected chi connectivity index (χ1v) is 10.7. The lowest BCUT2D eigenvalue weighted by molar-refractivity contribution is -0.136. The molecule has 0 aromatic heterocycles. The van der Waals surface area contributed by atoms with Gasteiger partial charge in [-0.1, -0.05) is 30.3 Å². The van der Waals surface area contributed by atoms with E-state index in [1.807, 2.05) is 47.4 Å². The third-order valence-electron chi connectivity index (χ3n) is 5.63. The van der Waals surface area contributed by atoms with E-state index in [1.54, 1.807) is 6.07 Å². The van der Waals surface area contributed by atoms with Crippen molar-refractivity contribution in [1.82, 2.24) is 5.32 Å². The summed E-state index contributed by atoms with van der Waals surface area (Å²) in [5, 5.41) is 5.35. The fourth-order valence-electron chi connectivity index (χ4n) is 3.86. The molecule has 30 heavy (non-hydrogen) atoms. The van der Waals surface area contributed by atoms with Crippen molar-refractivity contribution < 1.29 is 14.4 Å². The summed E-state index contributed by atoms with van der Waals surface area (Å²) in [4.78, 5) is 38.7. The van der Waals surface area contributed by atoms with Crippen LogP contribution in [-0.4, -0.2) is 30.8 Å². The normalized spacial score (nSPS) is 15.3. The van der Waals surface area contributed by atoms with Crippen LogP contribution in [0.4, 0.5) is 11.4 Å². The van der Waals surface area contributed by atoms with E-state index in [4.69, 9.17) is 0 Å². The van der Waals surface area contributed by atoms with Crippen LogP contribution >= 0.6 is 0 Å². The monoisotopic (exact) mass is 405 g/mol. The van der Waals surface area contributed by atoms with Crippen molar-refractivity contribution in [2.75, 3.05) is 23.3 Å². The molecule has 1 heterocycles. The van der Waals surface area contributed by atoms with Crippen molar-refractivity contribution in [2.24, 2.45) is 5.92 Å². The van der Waals surface area contributed by atoms with Crippen LogP contribution in [0.3, 0.4) is 0 Å². The SMILES string of the molecule is O=C(NCCCc1ccccc1)C(=O)Nc1ccc2c(c1)CCCN2C(=O)C1CC1. The van der Waals surface area contributed by atoms with Gasteiger partial charge in [0, 0.05) is 30.4 Å². The molecule has 0 unspecified atom stereocenters. The predicted octanol–water partition coefficient (Wildman–Crippen LogP) is 3.06. The number of hydrogen-bond acceptors (Lipinski definition) is 3. The highest BCUT2D eigenvalue weighted by molar-refractivity contribution is 6.39. The fourth-order valence-corrected chi connectivity index (χ4v) is 3.86. The Morgan fingerprint density at radius 1 is 1.00 bits per heavy atom. The molecule has 0 bridgehead atoms. The maximum absolute atomic E-state index is 12.5. The summed E-state index contributed by atoms with van der Waals surface area (Å²) in [5.41, 5.74) is 3.76. The van der Waals surface area contributed by atoms with Gasteiger partial charge in [0.2, 0.25) is 5.91 Å². The Labute approximate surface area is 176 Å². The number of fused-ring (bicyclic) bond motifs is 1. The zero-order valence-corrected chi connectivity index (χ0v) is 17.0. The number of amides is 3. The Balaban J connectivity index is 1.28. The molecule has 1 fully saturated rings. The Morgan fingerprint density at radius 3 is 2.57 bits per heavy atom. The average Bonchev–Trinajstić information content (AvgIpc) is 3.61. The van der Waals surface area contributed by atoms with Crippen molar-refractivity contribution in [1.29, 1.82) is 0 Å². The molecule has 1 aliphatic heterocycles. The number of aryl methyl sites for hydroxylation is 2. The number of hydrogen-bond donors (Lipinski definition) is 2. The van der Waals surface area contributed by atoms with Crippen molar-refractivity contribution in [3.63, 3.8) is 0 Å². The maximum Gasteiger partial charge on any atom is 0.313 e. The van der Waals surface area contributed by atoms with Gasteiger partial charge in [-0.2, -0.15) is 0 Å². The Morgan fingerprint density at radius 2 is 1.80 bits per heavy atom. The lowest BCUT2D eigenvalue weighted by Gasteiger charge is -2.30. The summed E-state index contributed by atoms with van der Waals surface area (Å²) >= 11 is 0. The maximum atomic E-state index is 12.5. The Hall–Kier alpha value is -3.15. The van der Waals surface area contributed by atoms with Gasteiger partial charge in [-0.05, 0) is 67.9 Å². The standard InChI is InChI=1S/C24H27N3O3/c28-22(25-14-4-8-17-6-2-1-3-7-17)23(29)26-20-12-13-21-19(16-20)9-5-15-27(21)24(30)18-10-11-18/h1-3,6-7,12-13,16,18H,4-5,8-11,14-15H2,(H,25,28)(H,26,29). The zero-order valence-electron chi connectivity index (χ0n) is 17.0. The van der Waals surface area contributed by atoms with E-state index in [9.17, 15) is 14.4 Å². The first kappa shape index (κ1) is 20.1. The lowest BCUT2D eigenvalue weighted by Crippen LogP contribution is -2.37. The molecule has 0 spiro atoms. The van der Waals surface area contributed by atoms with Crippen LogP contribution in [0.25, 0.3) is 0 Å². The molecular formula is C24H27N3O3. The van der Waals surface area contributed by atoms with Gasteiger partial charge in [0.05, 0.1) is 0 Å². The molecule has 6 nitrogen and oxygen atoms in total. The van der Waals surface area contributed by atoms with Crippen LogP contribution in [-0.2, 0) is 27.2 Å². The number of benzene rings is 2. The highest BCUT2D eigenvalue weighted by Crippen LogP contribution is 2.36. The molecule has 156 valence electrons. The highest BCUT2D eigenvalue weighted by atomic mass is 16.2. The number of carbonyl (C=O) groups excluding carboxylic acids is 3. The highest BCUT2D eigenvalue weighted by Gasteiger charge is 2.35. The molecule has 2 aromatic rings. The van der Waals surface area contributed by atoms with E-state index in [-0.39, 0.29) is 11.8 Å². The number of nitrogens with one attached hydrogen (secondary N) is 2. The Kier molecular flexibility index (Phi) is 6.12. The third kappa shape index (κ3) is 4.87. The van der Waals surface area contributed by atoms with E-state index in [0.717, 1.165) is 56.3 Å². The number of nitrogens with zero attached hydrogens (tertiary/aromatic N) is 1. The number of carbonyl (C=O) groups is 3. The first-order valence-electron chi connectivity index (χ1n) is 10.7. The van der Waals surface area contributed by atoms with E-state index in [0.29, 0.717) is 12.2 Å². The zero-order chi connectivity index (χ0) is 20.9. The van der Waals surface area contributed by atoms with Crippen LogP contribution in [0.15, 0.2) is 48.5 Å². The molecule has 2 aromatic carbocycles. The van der Waals surface area contributed by atoms with Crippen LogP contribution in [0.2, 0.25) is 0 Å². The molecular weight excluding hydrogens is 378 g/mol. The molecule has 0 atom stereocenters. The summed E-state index contributed by atoms with van der Waals surface area (Å²) in [7, 11) is 0. The molecule has 3 amide bonds. The van der Waals surface area contributed by atoms with Gasteiger partial charge in [-0.25, -0.2) is 0 Å². The minimum Gasteiger partial charge on any atom is -0.348 e. The summed E-state index contributed by atoms with van der Waals surface area (Å²) in [6, 6.07) is 15.6. The van der Waals surface area contributed by atoms with Gasteiger partial charge in [0.15, 0.2) is 0 Å². The van der Waals surface area contributed by atoms with E-state index in [2.05, 4.69) is 10.6 Å². The van der Waals surface area contributed by atoms with Crippen LogP contribution in [0, 0.1) is 5.92 Å². The van der Waals surface area contributed by atoms with Crippen LogP contribution in [0.5, 0.6) is 0 Å². The van der Waals surface area contributed by atoms with Gasteiger partial charge in [0.1, 0.15) is 0 Å². The van der Waals surface area contributed by atoms with Crippen molar-refractivity contribution in [3.05, 3.63) is 59.7 Å². The van der Waals surface area contributed by atoms with E-state index in [1.165, 1.54) is 5.56 Å². The minimum atomic E-state index is -0.670.